The average Bonchev–Trinajstić information content (AvgIpc) is 2.41. The highest BCUT2D eigenvalue weighted by Gasteiger charge is 2.09. The van der Waals surface area contributed by atoms with Gasteiger partial charge in [0.1, 0.15) is 0 Å². The number of aliphatic hydroxyl groups is 2. The fourth-order valence-electron chi connectivity index (χ4n) is 1.87. The minimum Gasteiger partial charge on any atom is -0.395 e. The van der Waals surface area contributed by atoms with Gasteiger partial charge in [0.05, 0.1) is 13.2 Å². The SMILES string of the molecule is CC.CC(C)CC(CO)NC(C)C.CNC(CO)C(C)C. The molecule has 0 aliphatic carbocycles. The lowest BCUT2D eigenvalue weighted by atomic mass is 10.0. The van der Waals surface area contributed by atoms with E-state index in [9.17, 15) is 0 Å². The Balaban J connectivity index is -0.000000286. The summed E-state index contributed by atoms with van der Waals surface area (Å²) in [5, 5.41) is 23.9. The van der Waals surface area contributed by atoms with Crippen molar-refractivity contribution in [2.24, 2.45) is 11.8 Å². The maximum absolute atomic E-state index is 8.96. The van der Waals surface area contributed by atoms with Crippen molar-refractivity contribution in [2.45, 2.75) is 79.9 Å². The van der Waals surface area contributed by atoms with E-state index in [1.54, 1.807) is 0 Å². The van der Waals surface area contributed by atoms with Crippen molar-refractivity contribution in [1.29, 1.82) is 0 Å². The third-order valence-electron chi connectivity index (χ3n) is 2.92. The van der Waals surface area contributed by atoms with E-state index >= 15 is 0 Å². The molecule has 0 aromatic heterocycles. The van der Waals surface area contributed by atoms with E-state index in [4.69, 9.17) is 10.2 Å². The summed E-state index contributed by atoms with van der Waals surface area (Å²) in [6, 6.07) is 0.996. The molecule has 4 nitrogen and oxygen atoms in total. The van der Waals surface area contributed by atoms with Crippen LogP contribution >= 0.6 is 0 Å². The molecule has 0 rings (SSSR count). The molecular formula is C17H42N2O2. The Kier molecular flexibility index (Phi) is 22.0. The molecule has 0 spiro atoms. The zero-order valence-electron chi connectivity index (χ0n) is 15.9. The largest absolute Gasteiger partial charge is 0.395 e. The maximum Gasteiger partial charge on any atom is 0.0587 e. The highest BCUT2D eigenvalue weighted by Crippen LogP contribution is 2.04. The van der Waals surface area contributed by atoms with Crippen molar-refractivity contribution < 1.29 is 10.2 Å². The summed E-state index contributed by atoms with van der Waals surface area (Å²) in [4.78, 5) is 0. The minimum atomic E-state index is 0.230. The summed E-state index contributed by atoms with van der Waals surface area (Å²) in [6.07, 6.45) is 1.05. The van der Waals surface area contributed by atoms with Gasteiger partial charge in [-0.3, -0.25) is 0 Å². The molecule has 4 N–H and O–H groups in total. The van der Waals surface area contributed by atoms with Crippen LogP contribution in [0, 0.1) is 11.8 Å². The molecule has 0 saturated heterocycles. The first-order valence-corrected chi connectivity index (χ1v) is 8.43. The van der Waals surface area contributed by atoms with E-state index in [0.29, 0.717) is 17.9 Å². The zero-order chi connectivity index (χ0) is 17.4. The van der Waals surface area contributed by atoms with Gasteiger partial charge in [-0.2, -0.15) is 0 Å². The monoisotopic (exact) mass is 306 g/mol. The van der Waals surface area contributed by atoms with Crippen LogP contribution in [0.5, 0.6) is 0 Å². The number of likely N-dealkylation sites (N-methyl/N-ethyl adjacent to an activating group) is 1. The third kappa shape index (κ3) is 19.8. The number of hydrogen-bond donors (Lipinski definition) is 4. The van der Waals surface area contributed by atoms with E-state index in [1.807, 2.05) is 20.9 Å². The van der Waals surface area contributed by atoms with Crippen molar-refractivity contribution in [2.75, 3.05) is 20.3 Å². The van der Waals surface area contributed by atoms with Crippen LogP contribution in [-0.2, 0) is 0 Å². The van der Waals surface area contributed by atoms with E-state index in [0.717, 1.165) is 6.42 Å². The van der Waals surface area contributed by atoms with Crippen LogP contribution in [-0.4, -0.2) is 48.6 Å². The second-order valence-corrected chi connectivity index (χ2v) is 6.15. The average molecular weight is 307 g/mol. The number of hydrogen-bond acceptors (Lipinski definition) is 4. The molecule has 0 bridgehead atoms. The van der Waals surface area contributed by atoms with E-state index < -0.39 is 0 Å². The van der Waals surface area contributed by atoms with Crippen LogP contribution in [0.25, 0.3) is 0 Å². The fraction of sp³-hybridized carbons (Fsp3) is 1.00. The molecular weight excluding hydrogens is 264 g/mol. The van der Waals surface area contributed by atoms with Gasteiger partial charge in [0.2, 0.25) is 0 Å². The van der Waals surface area contributed by atoms with E-state index in [2.05, 4.69) is 52.2 Å². The van der Waals surface area contributed by atoms with Gasteiger partial charge in [0, 0.05) is 18.1 Å². The highest BCUT2D eigenvalue weighted by molar-refractivity contribution is 4.69. The Morgan fingerprint density at radius 3 is 1.48 bits per heavy atom. The molecule has 0 aromatic carbocycles. The molecule has 2 atom stereocenters. The molecule has 0 saturated carbocycles. The van der Waals surface area contributed by atoms with Gasteiger partial charge < -0.3 is 20.8 Å². The topological polar surface area (TPSA) is 64.5 Å². The quantitative estimate of drug-likeness (QED) is 0.557. The molecule has 4 heteroatoms. The minimum absolute atomic E-state index is 0.230. The Hall–Kier alpha value is -0.160. The lowest BCUT2D eigenvalue weighted by molar-refractivity contribution is 0.217. The first kappa shape index (κ1) is 25.8. The molecule has 2 unspecified atom stereocenters. The van der Waals surface area contributed by atoms with Gasteiger partial charge in [-0.25, -0.2) is 0 Å². The lowest BCUT2D eigenvalue weighted by Gasteiger charge is -2.20. The van der Waals surface area contributed by atoms with Gasteiger partial charge in [-0.15, -0.1) is 0 Å². The first-order valence-electron chi connectivity index (χ1n) is 8.43. The van der Waals surface area contributed by atoms with Gasteiger partial charge in [-0.1, -0.05) is 55.4 Å². The van der Waals surface area contributed by atoms with Crippen molar-refractivity contribution in [3.63, 3.8) is 0 Å². The molecule has 0 aliphatic heterocycles. The summed E-state index contributed by atoms with van der Waals surface area (Å²) >= 11 is 0. The number of aliphatic hydroxyl groups excluding tert-OH is 2. The van der Waals surface area contributed by atoms with Crippen LogP contribution in [0.1, 0.15) is 61.8 Å². The second-order valence-electron chi connectivity index (χ2n) is 6.15. The van der Waals surface area contributed by atoms with Crippen molar-refractivity contribution in [3.05, 3.63) is 0 Å². The standard InChI is InChI=1S/C9H21NO.C6H15NO.C2H6/c1-7(2)5-9(6-11)10-8(3)4;1-5(2)6(4-8)7-3;1-2/h7-11H,5-6H2,1-4H3;5-8H,4H2,1-3H3;1-2H3. The summed E-state index contributed by atoms with van der Waals surface area (Å²) < 4.78 is 0. The van der Waals surface area contributed by atoms with Crippen LogP contribution in [0.15, 0.2) is 0 Å². The zero-order valence-corrected chi connectivity index (χ0v) is 15.9. The third-order valence-corrected chi connectivity index (χ3v) is 2.92. The molecule has 0 aliphatic rings. The summed E-state index contributed by atoms with van der Waals surface area (Å²) in [5.41, 5.74) is 0. The smallest absolute Gasteiger partial charge is 0.0587 e. The molecule has 0 heterocycles. The lowest BCUT2D eigenvalue weighted by Crippen LogP contribution is -2.38. The Morgan fingerprint density at radius 1 is 0.857 bits per heavy atom. The van der Waals surface area contributed by atoms with Crippen LogP contribution in [0.4, 0.5) is 0 Å². The van der Waals surface area contributed by atoms with Crippen molar-refractivity contribution >= 4 is 0 Å². The van der Waals surface area contributed by atoms with Crippen LogP contribution < -0.4 is 10.6 Å². The van der Waals surface area contributed by atoms with Gasteiger partial charge in [0.25, 0.3) is 0 Å². The van der Waals surface area contributed by atoms with Gasteiger partial charge >= 0.3 is 0 Å². The van der Waals surface area contributed by atoms with Crippen molar-refractivity contribution in [1.82, 2.24) is 10.6 Å². The molecule has 0 amide bonds. The van der Waals surface area contributed by atoms with Crippen molar-refractivity contribution in [3.8, 4) is 0 Å². The fourth-order valence-corrected chi connectivity index (χ4v) is 1.87. The summed E-state index contributed by atoms with van der Waals surface area (Å²) in [5.74, 6) is 1.17. The molecule has 132 valence electrons. The van der Waals surface area contributed by atoms with E-state index in [1.165, 1.54) is 0 Å². The maximum atomic E-state index is 8.96. The Bertz CT molecular complexity index is 172. The van der Waals surface area contributed by atoms with Gasteiger partial charge in [-0.05, 0) is 25.3 Å². The summed E-state index contributed by atoms with van der Waals surface area (Å²) in [7, 11) is 1.86. The highest BCUT2D eigenvalue weighted by atomic mass is 16.3. The predicted octanol–water partition coefficient (Wildman–Crippen LogP) is 2.64. The molecule has 0 radical (unpaired) electrons. The van der Waals surface area contributed by atoms with Crippen LogP contribution in [0.3, 0.4) is 0 Å². The summed E-state index contributed by atoms with van der Waals surface area (Å²) in [6.45, 7) is 17.2. The Labute approximate surface area is 133 Å². The van der Waals surface area contributed by atoms with Gasteiger partial charge in [0.15, 0.2) is 0 Å². The second kappa shape index (κ2) is 17.9. The molecule has 0 fully saturated rings. The number of rotatable bonds is 8. The molecule has 21 heavy (non-hydrogen) atoms. The predicted molar refractivity (Wildman–Crippen MR) is 94.7 cm³/mol. The van der Waals surface area contributed by atoms with E-state index in [-0.39, 0.29) is 25.3 Å². The Morgan fingerprint density at radius 2 is 1.33 bits per heavy atom. The number of nitrogens with one attached hydrogen (secondary N) is 2. The first-order chi connectivity index (χ1) is 9.78. The van der Waals surface area contributed by atoms with Crippen LogP contribution in [0.2, 0.25) is 0 Å². The molecule has 0 aromatic rings. The normalized spacial score (nSPS) is 13.4.